The van der Waals surface area contributed by atoms with E-state index >= 15 is 0 Å². The summed E-state index contributed by atoms with van der Waals surface area (Å²) in [5.41, 5.74) is -1.88. The summed E-state index contributed by atoms with van der Waals surface area (Å²) in [5, 5.41) is 26.1. The van der Waals surface area contributed by atoms with Gasteiger partial charge in [-0.3, -0.25) is 0 Å². The fourth-order valence-electron chi connectivity index (χ4n) is 4.96. The number of benzene rings is 2. The molecule has 1 aliphatic rings. The van der Waals surface area contributed by atoms with Crippen LogP contribution in [-0.2, 0) is 5.60 Å². The minimum absolute atomic E-state index is 0.0439. The maximum Gasteiger partial charge on any atom is 0.407 e. The van der Waals surface area contributed by atoms with Crippen molar-refractivity contribution in [2.75, 3.05) is 6.54 Å². The van der Waals surface area contributed by atoms with Crippen LogP contribution < -0.4 is 0 Å². The number of hydrogen-bond acceptors (Lipinski definition) is 4. The van der Waals surface area contributed by atoms with E-state index in [4.69, 9.17) is 16.1 Å². The monoisotopic (exact) mass is 508 g/mol. The molecule has 0 bridgehead atoms. The molecular weight excluding hydrogens is 485 g/mol. The van der Waals surface area contributed by atoms with Crippen molar-refractivity contribution in [1.29, 1.82) is 0 Å². The molecule has 0 radical (unpaired) electrons. The molecule has 0 saturated carbocycles. The highest BCUT2D eigenvalue weighted by atomic mass is 35.5. The van der Waals surface area contributed by atoms with Gasteiger partial charge in [-0.1, -0.05) is 43.6 Å². The summed E-state index contributed by atoms with van der Waals surface area (Å²) in [6, 6.07) is 7.51. The Hall–Kier alpha value is -3.04. The van der Waals surface area contributed by atoms with Crippen LogP contribution in [-0.4, -0.2) is 38.9 Å². The number of nitrogens with zero attached hydrogens (tertiary/aromatic N) is 2. The molecule has 2 N–H and O–H groups in total. The standard InChI is InChI=1S/C25H24ClF3N2O4/c1-24(2,3)22-21(19-12-20(35-30-19)15-6-5-14(27)11-16(15)26)25(34,8-9-31(22)23(32)33)13-4-7-17(28)18(29)10-13/h4-7,10-12,21-22,34H,8-9H2,1-3H3,(H,32,33)/t21-,22?,25+/m1/s1. The second-order valence-electron chi connectivity index (χ2n) is 9.81. The molecule has 2 heterocycles. The molecule has 1 unspecified atom stereocenters. The fraction of sp³-hybridized carbons (Fsp3) is 0.360. The number of likely N-dealkylation sites (tertiary alicyclic amines) is 1. The smallest absolute Gasteiger partial charge is 0.407 e. The second kappa shape index (κ2) is 8.87. The van der Waals surface area contributed by atoms with Crippen LogP contribution in [0.1, 0.15) is 44.4 Å². The van der Waals surface area contributed by atoms with Crippen LogP contribution in [0, 0.1) is 22.9 Å². The highest BCUT2D eigenvalue weighted by molar-refractivity contribution is 6.33. The normalized spacial score (nSPS) is 22.9. The van der Waals surface area contributed by atoms with E-state index in [-0.39, 0.29) is 35.0 Å². The summed E-state index contributed by atoms with van der Waals surface area (Å²) in [6.07, 6.45) is -1.28. The molecule has 1 aromatic heterocycles. The Bertz CT molecular complexity index is 1280. The van der Waals surface area contributed by atoms with Gasteiger partial charge in [0.25, 0.3) is 0 Å². The van der Waals surface area contributed by atoms with Crippen molar-refractivity contribution in [2.24, 2.45) is 5.41 Å². The van der Waals surface area contributed by atoms with E-state index in [9.17, 15) is 28.2 Å². The second-order valence-corrected chi connectivity index (χ2v) is 10.2. The van der Waals surface area contributed by atoms with Crippen LogP contribution in [0.2, 0.25) is 5.02 Å². The van der Waals surface area contributed by atoms with Crippen molar-refractivity contribution < 1.29 is 32.7 Å². The lowest BCUT2D eigenvalue weighted by molar-refractivity contribution is -0.0927. The summed E-state index contributed by atoms with van der Waals surface area (Å²) in [7, 11) is 0. The Morgan fingerprint density at radius 2 is 1.86 bits per heavy atom. The summed E-state index contributed by atoms with van der Waals surface area (Å²) in [5.74, 6) is -3.59. The Kier molecular flexibility index (Phi) is 6.36. The number of rotatable bonds is 3. The quantitative estimate of drug-likeness (QED) is 0.441. The Morgan fingerprint density at radius 1 is 1.14 bits per heavy atom. The van der Waals surface area contributed by atoms with E-state index in [1.54, 1.807) is 0 Å². The predicted molar refractivity (Wildman–Crippen MR) is 122 cm³/mol. The minimum Gasteiger partial charge on any atom is -0.465 e. The number of amides is 1. The SMILES string of the molecule is CC(C)(C)C1[C@@H](c2cc(-c3ccc(F)cc3Cl)on2)[C@@](O)(c2ccc(F)c(F)c2)CCN1C(=O)O. The molecule has 0 spiro atoms. The van der Waals surface area contributed by atoms with Crippen molar-refractivity contribution in [2.45, 2.75) is 44.8 Å². The average Bonchev–Trinajstić information content (AvgIpc) is 3.23. The zero-order valence-corrected chi connectivity index (χ0v) is 20.0. The molecule has 10 heteroatoms. The third-order valence-electron chi connectivity index (χ3n) is 6.50. The van der Waals surface area contributed by atoms with Gasteiger partial charge in [0.1, 0.15) is 11.4 Å². The van der Waals surface area contributed by atoms with Gasteiger partial charge in [-0.15, -0.1) is 0 Å². The average molecular weight is 509 g/mol. The van der Waals surface area contributed by atoms with E-state index in [0.717, 1.165) is 18.2 Å². The van der Waals surface area contributed by atoms with Crippen LogP contribution in [0.5, 0.6) is 0 Å². The van der Waals surface area contributed by atoms with Crippen LogP contribution >= 0.6 is 11.6 Å². The molecule has 1 aliphatic heterocycles. The van der Waals surface area contributed by atoms with Crippen molar-refractivity contribution in [3.8, 4) is 11.3 Å². The van der Waals surface area contributed by atoms with Gasteiger partial charge in [0.05, 0.1) is 22.7 Å². The molecule has 3 aromatic rings. The number of carbonyl (C=O) groups is 1. The van der Waals surface area contributed by atoms with E-state index in [0.29, 0.717) is 5.56 Å². The first-order chi connectivity index (χ1) is 16.3. The number of hydrogen-bond donors (Lipinski definition) is 2. The van der Waals surface area contributed by atoms with Crippen molar-refractivity contribution in [1.82, 2.24) is 10.1 Å². The molecule has 1 saturated heterocycles. The van der Waals surface area contributed by atoms with Crippen molar-refractivity contribution in [3.63, 3.8) is 0 Å². The van der Waals surface area contributed by atoms with E-state index in [2.05, 4.69) is 5.16 Å². The third kappa shape index (κ3) is 4.50. The van der Waals surface area contributed by atoms with Gasteiger partial charge in [0, 0.05) is 18.2 Å². The van der Waals surface area contributed by atoms with Gasteiger partial charge in [-0.05, 0) is 47.7 Å². The minimum atomic E-state index is -1.81. The number of aliphatic hydroxyl groups is 1. The van der Waals surface area contributed by atoms with Gasteiger partial charge in [-0.2, -0.15) is 0 Å². The van der Waals surface area contributed by atoms with Crippen LogP contribution in [0.15, 0.2) is 47.0 Å². The van der Waals surface area contributed by atoms with Gasteiger partial charge in [0.2, 0.25) is 0 Å². The Labute approximate surface area is 204 Å². The molecule has 4 rings (SSSR count). The molecule has 0 aliphatic carbocycles. The summed E-state index contributed by atoms with van der Waals surface area (Å²) < 4.78 is 46.9. The Balaban J connectivity index is 1.91. The van der Waals surface area contributed by atoms with E-state index in [1.807, 2.05) is 20.8 Å². The first kappa shape index (κ1) is 25.1. The Morgan fingerprint density at radius 3 is 2.46 bits per heavy atom. The van der Waals surface area contributed by atoms with Crippen LogP contribution in [0.25, 0.3) is 11.3 Å². The van der Waals surface area contributed by atoms with Crippen LogP contribution in [0.4, 0.5) is 18.0 Å². The number of carboxylic acid groups (broad SMARTS) is 1. The molecule has 3 atom stereocenters. The topological polar surface area (TPSA) is 86.8 Å². The lowest BCUT2D eigenvalue weighted by Gasteiger charge is -2.53. The molecule has 35 heavy (non-hydrogen) atoms. The highest BCUT2D eigenvalue weighted by Crippen LogP contribution is 2.51. The zero-order chi connectivity index (χ0) is 25.7. The van der Waals surface area contributed by atoms with Gasteiger partial charge >= 0.3 is 6.09 Å². The molecule has 186 valence electrons. The molecule has 6 nitrogen and oxygen atoms in total. The van der Waals surface area contributed by atoms with E-state index < -0.39 is 46.5 Å². The largest absolute Gasteiger partial charge is 0.465 e. The summed E-state index contributed by atoms with van der Waals surface area (Å²) in [4.78, 5) is 13.4. The molecule has 1 amide bonds. The van der Waals surface area contributed by atoms with Gasteiger partial charge in [0.15, 0.2) is 17.4 Å². The molecule has 1 fully saturated rings. The highest BCUT2D eigenvalue weighted by Gasteiger charge is 2.55. The lowest BCUT2D eigenvalue weighted by atomic mass is 9.64. The first-order valence-corrected chi connectivity index (χ1v) is 11.3. The van der Waals surface area contributed by atoms with Gasteiger partial charge < -0.3 is 19.6 Å². The third-order valence-corrected chi connectivity index (χ3v) is 6.81. The molecular formula is C25H24ClF3N2O4. The summed E-state index contributed by atoms with van der Waals surface area (Å²) in [6.45, 7) is 5.40. The van der Waals surface area contributed by atoms with Crippen molar-refractivity contribution in [3.05, 3.63) is 76.2 Å². The number of aromatic nitrogens is 1. The number of halogens is 4. The predicted octanol–water partition coefficient (Wildman–Crippen LogP) is 6.18. The van der Waals surface area contributed by atoms with Crippen LogP contribution in [0.3, 0.4) is 0 Å². The summed E-state index contributed by atoms with van der Waals surface area (Å²) >= 11 is 6.17. The maximum atomic E-state index is 14.2. The number of piperidine rings is 1. The zero-order valence-electron chi connectivity index (χ0n) is 19.2. The maximum absolute atomic E-state index is 14.2. The molecule has 2 aromatic carbocycles. The lowest BCUT2D eigenvalue weighted by Crippen LogP contribution is -2.60. The van der Waals surface area contributed by atoms with Crippen molar-refractivity contribution >= 4 is 17.7 Å². The first-order valence-electron chi connectivity index (χ1n) is 10.9. The fourth-order valence-corrected chi connectivity index (χ4v) is 5.22. The van der Waals surface area contributed by atoms with E-state index in [1.165, 1.54) is 29.2 Å². The van der Waals surface area contributed by atoms with Gasteiger partial charge in [-0.25, -0.2) is 18.0 Å².